The predicted octanol–water partition coefficient (Wildman–Crippen LogP) is 4.87. The molecule has 0 saturated heterocycles. The number of anilines is 1. The van der Waals surface area contributed by atoms with Gasteiger partial charge >= 0.3 is 12.4 Å². The van der Waals surface area contributed by atoms with Crippen LogP contribution in [0.25, 0.3) is 10.9 Å². The monoisotopic (exact) mass is 446 g/mol. The van der Waals surface area contributed by atoms with Gasteiger partial charge < -0.3 is 10.7 Å². The first kappa shape index (κ1) is 21.7. The fourth-order valence-corrected chi connectivity index (χ4v) is 3.70. The summed E-state index contributed by atoms with van der Waals surface area (Å²) in [4.78, 5) is 14.4. The van der Waals surface area contributed by atoms with Gasteiger partial charge in [0.05, 0.1) is 22.7 Å². The van der Waals surface area contributed by atoms with E-state index in [-0.39, 0.29) is 33.3 Å². The van der Waals surface area contributed by atoms with Crippen LogP contribution in [0.5, 0.6) is 0 Å². The van der Waals surface area contributed by atoms with Crippen LogP contribution in [0.15, 0.2) is 29.7 Å². The minimum atomic E-state index is -5.51. The lowest BCUT2D eigenvalue weighted by molar-refractivity contribution is -0.253. The van der Waals surface area contributed by atoms with E-state index in [2.05, 4.69) is 19.9 Å². The fraction of sp³-hybridized carbons (Fsp3) is 0.294. The van der Waals surface area contributed by atoms with Gasteiger partial charge in [-0.3, -0.25) is 4.98 Å². The van der Waals surface area contributed by atoms with E-state index < -0.39 is 29.1 Å². The quantitative estimate of drug-likeness (QED) is 0.337. The molecule has 3 aromatic heterocycles. The van der Waals surface area contributed by atoms with Crippen LogP contribution < -0.4 is 5.73 Å². The fourth-order valence-electron chi connectivity index (χ4n) is 2.83. The molecule has 3 heterocycles. The van der Waals surface area contributed by atoms with Crippen molar-refractivity contribution < 1.29 is 26.3 Å². The molecular weight excluding hydrogens is 434 g/mol. The highest BCUT2D eigenvalue weighted by molar-refractivity contribution is 7.99. The summed E-state index contributed by atoms with van der Waals surface area (Å²) in [6.45, 7) is 1.62. The third-order valence-corrected chi connectivity index (χ3v) is 5.11. The third kappa shape index (κ3) is 4.43. The highest BCUT2D eigenvalue weighted by Gasteiger charge is 2.58. The average molecular weight is 446 g/mol. The Bertz CT molecular complexity index is 1100. The number of nitrogens with one attached hydrogen (secondary N) is 1. The van der Waals surface area contributed by atoms with E-state index in [1.807, 2.05) is 6.07 Å². The SMILES string of the molecule is CC(Sc1nc(N)cc(C#N)n1)c1cc2c(C(C(F)(F)F)C(F)(F)F)c[nH]c2cn1. The Morgan fingerprint density at radius 1 is 1.13 bits per heavy atom. The Hall–Kier alpha value is -3.01. The molecular formula is C17H12F6N6S. The number of aromatic nitrogens is 4. The normalized spacial score (nSPS) is 13.6. The number of aromatic amines is 1. The lowest BCUT2D eigenvalue weighted by Gasteiger charge is -2.22. The Kier molecular flexibility index (Phi) is 5.55. The molecule has 0 bridgehead atoms. The Morgan fingerprint density at radius 2 is 1.80 bits per heavy atom. The standard InChI is InChI=1S/C17H12F6N6S/c1-7(30-15-28-8(4-24)2-13(25)29-15)11-3-9-10(5-26-12(9)6-27-11)14(16(18,19)20)17(21,22)23/h2-3,5-7,14,26H,1H3,(H2,25,28,29). The van der Waals surface area contributed by atoms with Gasteiger partial charge in [-0.05, 0) is 18.6 Å². The van der Waals surface area contributed by atoms with Gasteiger partial charge in [0.25, 0.3) is 0 Å². The minimum Gasteiger partial charge on any atom is -0.384 e. The first-order valence-corrected chi connectivity index (χ1v) is 9.09. The van der Waals surface area contributed by atoms with E-state index in [0.717, 1.165) is 18.0 Å². The maximum Gasteiger partial charge on any atom is 0.404 e. The summed E-state index contributed by atoms with van der Waals surface area (Å²) in [6, 6.07) is 4.24. The molecule has 0 spiro atoms. The van der Waals surface area contributed by atoms with Crippen LogP contribution in [-0.2, 0) is 0 Å². The number of nitrogens with two attached hydrogens (primary N) is 1. The highest BCUT2D eigenvalue weighted by atomic mass is 32.2. The van der Waals surface area contributed by atoms with Gasteiger partial charge in [0.2, 0.25) is 0 Å². The predicted molar refractivity (Wildman–Crippen MR) is 96.4 cm³/mol. The summed E-state index contributed by atoms with van der Waals surface area (Å²) < 4.78 is 78.9. The second-order valence-electron chi connectivity index (χ2n) is 6.25. The van der Waals surface area contributed by atoms with Gasteiger partial charge in [-0.2, -0.15) is 31.6 Å². The molecule has 3 aromatic rings. The molecule has 0 aliphatic rings. The number of nitrogen functional groups attached to an aromatic ring is 1. The third-order valence-electron chi connectivity index (χ3n) is 4.12. The molecule has 3 N–H and O–H groups in total. The van der Waals surface area contributed by atoms with Crippen LogP contribution in [0.1, 0.15) is 35.0 Å². The van der Waals surface area contributed by atoms with Crippen LogP contribution in [0.2, 0.25) is 0 Å². The topological polar surface area (TPSA) is 104 Å². The zero-order valence-corrected chi connectivity index (χ0v) is 15.8. The van der Waals surface area contributed by atoms with E-state index in [0.29, 0.717) is 6.20 Å². The Morgan fingerprint density at radius 3 is 2.40 bits per heavy atom. The summed E-state index contributed by atoms with van der Waals surface area (Å²) >= 11 is 1.01. The van der Waals surface area contributed by atoms with Crippen molar-refractivity contribution in [3.8, 4) is 6.07 Å². The number of rotatable bonds is 4. The molecule has 0 fully saturated rings. The van der Waals surface area contributed by atoms with E-state index in [9.17, 15) is 26.3 Å². The molecule has 1 atom stereocenters. The largest absolute Gasteiger partial charge is 0.404 e. The molecule has 0 aliphatic carbocycles. The molecule has 13 heteroatoms. The van der Waals surface area contributed by atoms with Crippen LogP contribution in [-0.4, -0.2) is 32.3 Å². The summed E-state index contributed by atoms with van der Waals surface area (Å²) in [5.41, 5.74) is 4.93. The van der Waals surface area contributed by atoms with Gasteiger partial charge in [-0.1, -0.05) is 11.8 Å². The summed E-state index contributed by atoms with van der Waals surface area (Å²) in [5, 5.41) is 8.27. The second-order valence-corrected chi connectivity index (χ2v) is 7.56. The molecule has 0 aromatic carbocycles. The van der Waals surface area contributed by atoms with Gasteiger partial charge in [-0.25, -0.2) is 9.97 Å². The molecule has 158 valence electrons. The number of halogens is 6. The Labute approximate surface area is 169 Å². The summed E-state index contributed by atoms with van der Waals surface area (Å²) in [6.07, 6.45) is -9.17. The van der Waals surface area contributed by atoms with Crippen molar-refractivity contribution in [1.29, 1.82) is 5.26 Å². The van der Waals surface area contributed by atoms with E-state index in [4.69, 9.17) is 11.0 Å². The number of nitrogens with zero attached hydrogens (tertiary/aromatic N) is 4. The van der Waals surface area contributed by atoms with Crippen LogP contribution >= 0.6 is 11.8 Å². The zero-order valence-electron chi connectivity index (χ0n) is 15.0. The van der Waals surface area contributed by atoms with Crippen molar-refractivity contribution >= 4 is 28.5 Å². The molecule has 1 unspecified atom stereocenters. The van der Waals surface area contributed by atoms with Crippen molar-refractivity contribution in [3.63, 3.8) is 0 Å². The van der Waals surface area contributed by atoms with Crippen LogP contribution in [0, 0.1) is 11.3 Å². The summed E-state index contributed by atoms with van der Waals surface area (Å²) in [5.74, 6) is -3.59. The lowest BCUT2D eigenvalue weighted by atomic mass is 9.97. The smallest absolute Gasteiger partial charge is 0.384 e. The molecule has 0 amide bonds. The van der Waals surface area contributed by atoms with Gasteiger partial charge in [0.15, 0.2) is 11.1 Å². The number of fused-ring (bicyclic) bond motifs is 1. The van der Waals surface area contributed by atoms with E-state index in [1.165, 1.54) is 12.1 Å². The van der Waals surface area contributed by atoms with E-state index >= 15 is 0 Å². The number of alkyl halides is 6. The average Bonchev–Trinajstić information content (AvgIpc) is 3.01. The molecule has 30 heavy (non-hydrogen) atoms. The maximum absolute atomic E-state index is 13.2. The highest BCUT2D eigenvalue weighted by Crippen LogP contribution is 2.48. The van der Waals surface area contributed by atoms with Crippen LogP contribution in [0.3, 0.4) is 0 Å². The number of pyridine rings is 1. The van der Waals surface area contributed by atoms with Gasteiger partial charge in [0, 0.05) is 17.6 Å². The number of hydrogen-bond donors (Lipinski definition) is 2. The molecule has 0 radical (unpaired) electrons. The zero-order chi connectivity index (χ0) is 22.3. The molecule has 0 saturated carbocycles. The lowest BCUT2D eigenvalue weighted by Crippen LogP contribution is -2.33. The van der Waals surface area contributed by atoms with Crippen molar-refractivity contribution in [2.24, 2.45) is 0 Å². The second kappa shape index (κ2) is 7.67. The first-order chi connectivity index (χ1) is 13.9. The number of nitriles is 1. The van der Waals surface area contributed by atoms with Crippen molar-refractivity contribution in [1.82, 2.24) is 19.9 Å². The van der Waals surface area contributed by atoms with Crippen LogP contribution in [0.4, 0.5) is 32.2 Å². The maximum atomic E-state index is 13.2. The van der Waals surface area contributed by atoms with Crippen molar-refractivity contribution in [2.75, 3.05) is 5.73 Å². The van der Waals surface area contributed by atoms with Crippen molar-refractivity contribution in [2.45, 2.75) is 35.6 Å². The van der Waals surface area contributed by atoms with E-state index in [1.54, 1.807) is 6.92 Å². The van der Waals surface area contributed by atoms with Crippen molar-refractivity contribution in [3.05, 3.63) is 41.5 Å². The molecule has 3 rings (SSSR count). The molecule has 6 nitrogen and oxygen atoms in total. The number of hydrogen-bond acceptors (Lipinski definition) is 6. The first-order valence-electron chi connectivity index (χ1n) is 8.22. The number of H-pyrrole nitrogens is 1. The van der Waals surface area contributed by atoms with Gasteiger partial charge in [-0.15, -0.1) is 0 Å². The number of thioether (sulfide) groups is 1. The Balaban J connectivity index is 2.00. The van der Waals surface area contributed by atoms with Gasteiger partial charge in [0.1, 0.15) is 17.6 Å². The minimum absolute atomic E-state index is 0.0201. The molecule has 0 aliphatic heterocycles. The summed E-state index contributed by atoms with van der Waals surface area (Å²) in [7, 11) is 0.